The molecule has 0 aliphatic rings. The van der Waals surface area contributed by atoms with Crippen LogP contribution < -0.4 is 5.32 Å². The van der Waals surface area contributed by atoms with Crippen molar-refractivity contribution in [2.45, 2.75) is 18.0 Å². The highest BCUT2D eigenvalue weighted by Crippen LogP contribution is 2.15. The first-order valence-electron chi connectivity index (χ1n) is 5.90. The molecule has 0 saturated carbocycles. The van der Waals surface area contributed by atoms with Crippen molar-refractivity contribution in [1.29, 1.82) is 0 Å². The van der Waals surface area contributed by atoms with Crippen LogP contribution in [0.2, 0.25) is 0 Å². The lowest BCUT2D eigenvalue weighted by molar-refractivity contribution is 0.282. The van der Waals surface area contributed by atoms with Crippen molar-refractivity contribution >= 4 is 16.5 Å². The molecule has 0 amide bonds. The van der Waals surface area contributed by atoms with Gasteiger partial charge in [0.05, 0.1) is 18.5 Å². The van der Waals surface area contributed by atoms with E-state index in [0.717, 1.165) is 21.7 Å². The van der Waals surface area contributed by atoms with Gasteiger partial charge in [0.1, 0.15) is 0 Å². The molecule has 0 saturated heterocycles. The first kappa shape index (κ1) is 13.7. The molecule has 1 heterocycles. The first-order chi connectivity index (χ1) is 9.20. The zero-order valence-electron chi connectivity index (χ0n) is 10.7. The normalized spacial score (nSPS) is 12.1. The molecule has 5 heteroatoms. The fourth-order valence-electron chi connectivity index (χ4n) is 1.72. The summed E-state index contributed by atoms with van der Waals surface area (Å²) in [6.07, 6.45) is 5.01. The maximum atomic E-state index is 11.3. The van der Waals surface area contributed by atoms with E-state index in [1.54, 1.807) is 24.7 Å². The molecule has 0 fully saturated rings. The van der Waals surface area contributed by atoms with Gasteiger partial charge >= 0.3 is 0 Å². The highest BCUT2D eigenvalue weighted by atomic mass is 32.2. The number of anilines is 1. The third-order valence-corrected chi connectivity index (χ3v) is 3.76. The topological polar surface area (TPSA) is 62.2 Å². The van der Waals surface area contributed by atoms with Crippen molar-refractivity contribution in [3.8, 4) is 0 Å². The van der Waals surface area contributed by atoms with Crippen LogP contribution >= 0.6 is 0 Å². The van der Waals surface area contributed by atoms with Crippen LogP contribution in [0.15, 0.2) is 47.6 Å². The summed E-state index contributed by atoms with van der Waals surface area (Å²) >= 11 is 0. The van der Waals surface area contributed by atoms with Gasteiger partial charge in [-0.3, -0.25) is 9.19 Å². The average molecular weight is 276 g/mol. The molecule has 1 aromatic carbocycles. The van der Waals surface area contributed by atoms with Gasteiger partial charge in [-0.05, 0) is 23.8 Å². The number of pyridine rings is 1. The SMILES string of the molecule is CS(=O)c1ccc(CNc2cnccc2CO)cc1. The summed E-state index contributed by atoms with van der Waals surface area (Å²) in [5.74, 6) is 0. The standard InChI is InChI=1S/C14H16N2O2S/c1-19(18)13-4-2-11(3-5-13)8-16-14-9-15-7-6-12(14)10-17/h2-7,9,16-17H,8,10H2,1H3. The minimum Gasteiger partial charge on any atom is -0.392 e. The van der Waals surface area contributed by atoms with E-state index in [0.29, 0.717) is 6.54 Å². The number of hydrogen-bond donors (Lipinski definition) is 2. The van der Waals surface area contributed by atoms with Crippen molar-refractivity contribution in [2.24, 2.45) is 0 Å². The number of aliphatic hydroxyl groups excluding tert-OH is 1. The zero-order valence-corrected chi connectivity index (χ0v) is 11.5. The number of hydrogen-bond acceptors (Lipinski definition) is 4. The second kappa shape index (κ2) is 6.45. The lowest BCUT2D eigenvalue weighted by Gasteiger charge is -2.10. The molecule has 0 bridgehead atoms. The number of aliphatic hydroxyl groups is 1. The molecule has 0 aliphatic heterocycles. The molecule has 4 nitrogen and oxygen atoms in total. The number of benzene rings is 1. The maximum Gasteiger partial charge on any atom is 0.0703 e. The van der Waals surface area contributed by atoms with Crippen LogP contribution in [0.4, 0.5) is 5.69 Å². The van der Waals surface area contributed by atoms with Crippen molar-refractivity contribution in [3.63, 3.8) is 0 Å². The highest BCUT2D eigenvalue weighted by molar-refractivity contribution is 7.84. The van der Waals surface area contributed by atoms with Crippen molar-refractivity contribution < 1.29 is 9.32 Å². The summed E-state index contributed by atoms with van der Waals surface area (Å²) in [7, 11) is -0.946. The Morgan fingerprint density at radius 2 is 2.00 bits per heavy atom. The molecule has 100 valence electrons. The van der Waals surface area contributed by atoms with Crippen LogP contribution in [-0.4, -0.2) is 20.6 Å². The number of nitrogens with one attached hydrogen (secondary N) is 1. The molecule has 19 heavy (non-hydrogen) atoms. The summed E-state index contributed by atoms with van der Waals surface area (Å²) < 4.78 is 11.3. The van der Waals surface area contributed by atoms with Gasteiger partial charge < -0.3 is 10.4 Å². The Labute approximate surface area is 115 Å². The van der Waals surface area contributed by atoms with Gasteiger partial charge in [-0.25, -0.2) is 0 Å². The van der Waals surface area contributed by atoms with Crippen LogP contribution in [-0.2, 0) is 24.0 Å². The van der Waals surface area contributed by atoms with E-state index in [1.165, 1.54) is 0 Å². The third-order valence-electron chi connectivity index (χ3n) is 2.82. The van der Waals surface area contributed by atoms with Crippen LogP contribution in [0.3, 0.4) is 0 Å². The minimum atomic E-state index is -0.946. The maximum absolute atomic E-state index is 11.3. The highest BCUT2D eigenvalue weighted by Gasteiger charge is 2.01. The first-order valence-corrected chi connectivity index (χ1v) is 7.46. The van der Waals surface area contributed by atoms with E-state index in [2.05, 4.69) is 10.3 Å². The van der Waals surface area contributed by atoms with Gasteiger partial charge in [0.15, 0.2) is 0 Å². The Bertz CT molecular complexity index is 570. The van der Waals surface area contributed by atoms with E-state index < -0.39 is 10.8 Å². The summed E-state index contributed by atoms with van der Waals surface area (Å²) in [4.78, 5) is 4.85. The number of nitrogens with zero attached hydrogens (tertiary/aromatic N) is 1. The zero-order chi connectivity index (χ0) is 13.7. The molecule has 1 atom stereocenters. The molecule has 1 aromatic heterocycles. The lowest BCUT2D eigenvalue weighted by Crippen LogP contribution is -2.03. The molecular weight excluding hydrogens is 260 g/mol. The Hall–Kier alpha value is -1.72. The van der Waals surface area contributed by atoms with E-state index in [-0.39, 0.29) is 6.61 Å². The largest absolute Gasteiger partial charge is 0.392 e. The summed E-state index contributed by atoms with van der Waals surface area (Å²) in [5.41, 5.74) is 2.73. The fourth-order valence-corrected chi connectivity index (χ4v) is 2.24. The van der Waals surface area contributed by atoms with E-state index in [1.807, 2.05) is 24.3 Å². The van der Waals surface area contributed by atoms with E-state index in [9.17, 15) is 9.32 Å². The third kappa shape index (κ3) is 3.62. The van der Waals surface area contributed by atoms with Crippen molar-refractivity contribution in [3.05, 3.63) is 53.9 Å². The molecule has 0 spiro atoms. The van der Waals surface area contributed by atoms with E-state index in [4.69, 9.17) is 0 Å². The summed E-state index contributed by atoms with van der Waals surface area (Å²) in [6, 6.07) is 9.40. The minimum absolute atomic E-state index is 0.0153. The Morgan fingerprint density at radius 3 is 2.63 bits per heavy atom. The Kier molecular flexibility index (Phi) is 4.65. The van der Waals surface area contributed by atoms with Gasteiger partial charge in [0.2, 0.25) is 0 Å². The van der Waals surface area contributed by atoms with Gasteiger partial charge in [0.25, 0.3) is 0 Å². The molecule has 0 aliphatic carbocycles. The van der Waals surface area contributed by atoms with Gasteiger partial charge in [-0.15, -0.1) is 0 Å². The smallest absolute Gasteiger partial charge is 0.0703 e. The predicted octanol–water partition coefficient (Wildman–Crippen LogP) is 1.92. The predicted molar refractivity (Wildman–Crippen MR) is 76.3 cm³/mol. The lowest BCUT2D eigenvalue weighted by atomic mass is 10.2. The Morgan fingerprint density at radius 1 is 1.26 bits per heavy atom. The number of aromatic nitrogens is 1. The van der Waals surface area contributed by atoms with Gasteiger partial charge in [-0.2, -0.15) is 0 Å². The van der Waals surface area contributed by atoms with Crippen molar-refractivity contribution in [1.82, 2.24) is 4.98 Å². The van der Waals surface area contributed by atoms with E-state index >= 15 is 0 Å². The molecule has 2 aromatic rings. The summed E-state index contributed by atoms with van der Waals surface area (Å²) in [5, 5.41) is 12.4. The molecule has 1 unspecified atom stereocenters. The molecule has 0 radical (unpaired) electrons. The van der Waals surface area contributed by atoms with Crippen molar-refractivity contribution in [2.75, 3.05) is 11.6 Å². The quantitative estimate of drug-likeness (QED) is 0.876. The van der Waals surface area contributed by atoms with Crippen LogP contribution in [0.25, 0.3) is 0 Å². The monoisotopic (exact) mass is 276 g/mol. The summed E-state index contributed by atoms with van der Waals surface area (Å²) in [6.45, 7) is 0.619. The second-order valence-corrected chi connectivity index (χ2v) is 5.52. The van der Waals surface area contributed by atoms with Gasteiger partial charge in [-0.1, -0.05) is 12.1 Å². The molecule has 2 N–H and O–H groups in total. The molecule has 2 rings (SSSR count). The Balaban J connectivity index is 2.04. The molecular formula is C14H16N2O2S. The van der Waals surface area contributed by atoms with Gasteiger partial charge in [0, 0.05) is 40.3 Å². The second-order valence-electron chi connectivity index (χ2n) is 4.14. The van der Waals surface area contributed by atoms with Crippen LogP contribution in [0, 0.1) is 0 Å². The fraction of sp³-hybridized carbons (Fsp3) is 0.214. The average Bonchev–Trinajstić information content (AvgIpc) is 2.45. The van der Waals surface area contributed by atoms with Crippen LogP contribution in [0.5, 0.6) is 0 Å². The number of rotatable bonds is 5. The van der Waals surface area contributed by atoms with Crippen LogP contribution in [0.1, 0.15) is 11.1 Å².